The third-order valence-electron chi connectivity index (χ3n) is 3.93. The molecule has 0 saturated carbocycles. The summed E-state index contributed by atoms with van der Waals surface area (Å²) < 4.78 is 17.4. The van der Waals surface area contributed by atoms with E-state index in [1.165, 1.54) is 13.4 Å². The van der Waals surface area contributed by atoms with Crippen molar-refractivity contribution in [2.45, 2.75) is 13.0 Å². The van der Waals surface area contributed by atoms with Crippen molar-refractivity contribution in [3.8, 4) is 11.5 Å². The van der Waals surface area contributed by atoms with E-state index in [1.807, 2.05) is 6.07 Å². The smallest absolute Gasteiger partial charge is 0.338 e. The third kappa shape index (κ3) is 2.45. The number of hydrogen-bond acceptors (Lipinski definition) is 7. The zero-order valence-corrected chi connectivity index (χ0v) is 13.9. The Morgan fingerprint density at radius 3 is 2.71 bits per heavy atom. The monoisotopic (exact) mass is 330 g/mol. The van der Waals surface area contributed by atoms with E-state index in [0.717, 1.165) is 5.56 Å². The number of carbonyl (C=O) groups excluding carboxylic acids is 1. The molecule has 1 aromatic heterocycles. The first-order chi connectivity index (χ1) is 11.6. The summed E-state index contributed by atoms with van der Waals surface area (Å²) >= 11 is 0. The first-order valence-electron chi connectivity index (χ1n) is 7.28. The van der Waals surface area contributed by atoms with E-state index in [4.69, 9.17) is 14.2 Å². The summed E-state index contributed by atoms with van der Waals surface area (Å²) in [5, 5.41) is 7.32. The molecule has 1 atom stereocenters. The van der Waals surface area contributed by atoms with Crippen LogP contribution < -0.4 is 14.8 Å². The van der Waals surface area contributed by atoms with E-state index < -0.39 is 12.0 Å². The van der Waals surface area contributed by atoms with Gasteiger partial charge >= 0.3 is 5.97 Å². The number of benzene rings is 1. The molecule has 1 aromatic carbocycles. The second kappa shape index (κ2) is 6.23. The van der Waals surface area contributed by atoms with Crippen molar-refractivity contribution >= 4 is 11.9 Å². The molecule has 3 rings (SSSR count). The Morgan fingerprint density at radius 2 is 2.04 bits per heavy atom. The average Bonchev–Trinajstić information content (AvgIpc) is 3.07. The van der Waals surface area contributed by atoms with E-state index in [9.17, 15) is 4.79 Å². The minimum Gasteiger partial charge on any atom is -0.497 e. The Hall–Kier alpha value is -3.03. The Labute approximate surface area is 139 Å². The summed E-state index contributed by atoms with van der Waals surface area (Å²) in [5.74, 6) is 1.34. The highest BCUT2D eigenvalue weighted by atomic mass is 16.5. The normalized spacial score (nSPS) is 16.2. The standard InChI is InChI=1S/C16H18N4O4/c1-9-13(15(21)24-4)14(20-16(19-9)17-8-18-20)11-7-10(22-2)5-6-12(11)23-3/h5-8,14H,1-4H3,(H,17,18,19)/t14-/m1/s1. The maximum Gasteiger partial charge on any atom is 0.338 e. The second-order valence-corrected chi connectivity index (χ2v) is 5.19. The number of nitrogens with zero attached hydrogens (tertiary/aromatic N) is 3. The molecule has 0 fully saturated rings. The highest BCUT2D eigenvalue weighted by molar-refractivity contribution is 5.92. The van der Waals surface area contributed by atoms with Gasteiger partial charge in [-0.1, -0.05) is 0 Å². The summed E-state index contributed by atoms with van der Waals surface area (Å²) in [4.78, 5) is 16.6. The molecule has 1 aliphatic rings. The number of carbonyl (C=O) groups is 1. The van der Waals surface area contributed by atoms with Crippen LogP contribution in [0.5, 0.6) is 11.5 Å². The number of hydrogen-bond donors (Lipinski definition) is 1. The van der Waals surface area contributed by atoms with Gasteiger partial charge in [0.1, 0.15) is 23.9 Å². The van der Waals surface area contributed by atoms with Crippen LogP contribution in [0, 0.1) is 0 Å². The summed E-state index contributed by atoms with van der Waals surface area (Å²) in [7, 11) is 4.50. The van der Waals surface area contributed by atoms with E-state index >= 15 is 0 Å². The summed E-state index contributed by atoms with van der Waals surface area (Å²) in [6, 6.07) is 4.86. The molecule has 0 spiro atoms. The van der Waals surface area contributed by atoms with Crippen LogP contribution in [0.3, 0.4) is 0 Å². The minimum atomic E-state index is -0.541. The van der Waals surface area contributed by atoms with Crippen LogP contribution in [0.2, 0.25) is 0 Å². The van der Waals surface area contributed by atoms with Crippen LogP contribution in [0.1, 0.15) is 18.5 Å². The molecule has 24 heavy (non-hydrogen) atoms. The molecule has 126 valence electrons. The van der Waals surface area contributed by atoms with Crippen molar-refractivity contribution in [1.29, 1.82) is 0 Å². The number of allylic oxidation sites excluding steroid dienone is 1. The first kappa shape index (κ1) is 15.9. The fourth-order valence-electron chi connectivity index (χ4n) is 2.81. The minimum absolute atomic E-state index is 0.432. The molecule has 0 aliphatic carbocycles. The molecule has 2 aromatic rings. The van der Waals surface area contributed by atoms with E-state index in [1.54, 1.807) is 38.0 Å². The zero-order valence-electron chi connectivity index (χ0n) is 13.9. The fourth-order valence-corrected chi connectivity index (χ4v) is 2.81. The van der Waals surface area contributed by atoms with Crippen LogP contribution in [0.25, 0.3) is 0 Å². The molecule has 8 nitrogen and oxygen atoms in total. The Balaban J connectivity index is 2.25. The average molecular weight is 330 g/mol. The van der Waals surface area contributed by atoms with Gasteiger partial charge in [-0.05, 0) is 25.1 Å². The molecule has 0 bridgehead atoms. The van der Waals surface area contributed by atoms with Crippen molar-refractivity contribution < 1.29 is 19.0 Å². The summed E-state index contributed by atoms with van der Waals surface area (Å²) in [5.41, 5.74) is 1.81. The Kier molecular flexibility index (Phi) is 4.11. The number of rotatable bonds is 4. The molecule has 0 unspecified atom stereocenters. The molecule has 2 heterocycles. The van der Waals surface area contributed by atoms with Crippen molar-refractivity contribution in [3.05, 3.63) is 41.4 Å². The highest BCUT2D eigenvalue weighted by Crippen LogP contribution is 2.40. The van der Waals surface area contributed by atoms with Gasteiger partial charge in [-0.3, -0.25) is 0 Å². The molecule has 1 aliphatic heterocycles. The van der Waals surface area contributed by atoms with E-state index in [2.05, 4.69) is 15.4 Å². The predicted molar refractivity (Wildman–Crippen MR) is 86.0 cm³/mol. The third-order valence-corrected chi connectivity index (χ3v) is 3.93. The van der Waals surface area contributed by atoms with Gasteiger partial charge in [0.15, 0.2) is 0 Å². The van der Waals surface area contributed by atoms with Gasteiger partial charge in [-0.15, -0.1) is 0 Å². The van der Waals surface area contributed by atoms with Gasteiger partial charge in [0.25, 0.3) is 0 Å². The molecule has 0 amide bonds. The maximum absolute atomic E-state index is 12.4. The van der Waals surface area contributed by atoms with Crippen LogP contribution in [-0.4, -0.2) is 42.1 Å². The van der Waals surface area contributed by atoms with Gasteiger partial charge < -0.3 is 19.5 Å². The molecule has 0 saturated heterocycles. The van der Waals surface area contributed by atoms with Crippen molar-refractivity contribution in [2.75, 3.05) is 26.6 Å². The SMILES string of the molecule is COC(=O)C1=C(C)Nc2ncnn2[C@@H]1c1cc(OC)ccc1OC. The second-order valence-electron chi connectivity index (χ2n) is 5.19. The number of esters is 1. The van der Waals surface area contributed by atoms with Gasteiger partial charge in [-0.2, -0.15) is 10.1 Å². The quantitative estimate of drug-likeness (QED) is 0.855. The lowest BCUT2D eigenvalue weighted by Crippen LogP contribution is -2.29. The molecular formula is C16H18N4O4. The van der Waals surface area contributed by atoms with E-state index in [0.29, 0.717) is 28.7 Å². The zero-order chi connectivity index (χ0) is 17.3. The number of nitrogens with one attached hydrogen (secondary N) is 1. The van der Waals surface area contributed by atoms with Crippen molar-refractivity contribution in [3.63, 3.8) is 0 Å². The first-order valence-corrected chi connectivity index (χ1v) is 7.28. The van der Waals surface area contributed by atoms with Gasteiger partial charge in [0.2, 0.25) is 5.95 Å². The predicted octanol–water partition coefficient (Wildman–Crippen LogP) is 1.76. The lowest BCUT2D eigenvalue weighted by atomic mass is 9.94. The highest BCUT2D eigenvalue weighted by Gasteiger charge is 2.35. The number of ether oxygens (including phenoxy) is 3. The van der Waals surface area contributed by atoms with Crippen molar-refractivity contribution in [2.24, 2.45) is 0 Å². The Bertz CT molecular complexity index is 812. The largest absolute Gasteiger partial charge is 0.497 e. The molecule has 0 radical (unpaired) electrons. The lowest BCUT2D eigenvalue weighted by molar-refractivity contribution is -0.136. The van der Waals surface area contributed by atoms with Gasteiger partial charge in [0, 0.05) is 11.3 Å². The van der Waals surface area contributed by atoms with Gasteiger partial charge in [-0.25, -0.2) is 9.48 Å². The van der Waals surface area contributed by atoms with Crippen LogP contribution in [-0.2, 0) is 9.53 Å². The van der Waals surface area contributed by atoms with E-state index in [-0.39, 0.29) is 0 Å². The number of anilines is 1. The number of methoxy groups -OCH3 is 3. The molecular weight excluding hydrogens is 312 g/mol. The number of aromatic nitrogens is 3. The topological polar surface area (TPSA) is 87.5 Å². The van der Waals surface area contributed by atoms with Crippen molar-refractivity contribution in [1.82, 2.24) is 14.8 Å². The summed E-state index contributed by atoms with van der Waals surface area (Å²) in [6.45, 7) is 1.80. The lowest BCUT2D eigenvalue weighted by Gasteiger charge is -2.29. The fraction of sp³-hybridized carbons (Fsp3) is 0.312. The van der Waals surface area contributed by atoms with Crippen LogP contribution >= 0.6 is 0 Å². The van der Waals surface area contributed by atoms with Gasteiger partial charge in [0.05, 0.1) is 26.9 Å². The van der Waals surface area contributed by atoms with Crippen LogP contribution in [0.15, 0.2) is 35.8 Å². The summed E-state index contributed by atoms with van der Waals surface area (Å²) in [6.07, 6.45) is 1.43. The molecule has 8 heteroatoms. The number of fused-ring (bicyclic) bond motifs is 1. The maximum atomic E-state index is 12.4. The van der Waals surface area contributed by atoms with Crippen LogP contribution in [0.4, 0.5) is 5.95 Å². The Morgan fingerprint density at radius 1 is 1.25 bits per heavy atom. The molecule has 1 N–H and O–H groups in total.